The fourth-order valence-electron chi connectivity index (χ4n) is 1.17. The van der Waals surface area contributed by atoms with E-state index in [0.717, 1.165) is 12.8 Å². The van der Waals surface area contributed by atoms with Crippen molar-refractivity contribution in [1.82, 2.24) is 4.98 Å². The highest BCUT2D eigenvalue weighted by Gasteiger charge is 2.25. The van der Waals surface area contributed by atoms with Gasteiger partial charge in [-0.1, -0.05) is 0 Å². The van der Waals surface area contributed by atoms with Crippen molar-refractivity contribution in [3.63, 3.8) is 0 Å². The van der Waals surface area contributed by atoms with Gasteiger partial charge in [0, 0.05) is 6.07 Å². The van der Waals surface area contributed by atoms with E-state index in [1.807, 2.05) is 0 Å². The van der Waals surface area contributed by atoms with Crippen LogP contribution in [0.1, 0.15) is 18.5 Å². The molecule has 1 fully saturated rings. The van der Waals surface area contributed by atoms with Crippen molar-refractivity contribution in [3.05, 3.63) is 18.0 Å². The molecular formula is C9H9N3O3S. The largest absolute Gasteiger partial charge is 0.489 e. The molecule has 0 spiro atoms. The lowest BCUT2D eigenvalue weighted by molar-refractivity contribution is 0.301. The van der Waals surface area contributed by atoms with Crippen LogP contribution in [0.25, 0.3) is 0 Å². The van der Waals surface area contributed by atoms with Crippen LogP contribution < -0.4 is 9.88 Å². The Labute approximate surface area is 92.7 Å². The van der Waals surface area contributed by atoms with Gasteiger partial charge in [0.15, 0.2) is 5.69 Å². The highest BCUT2D eigenvalue weighted by atomic mass is 32.2. The molecule has 16 heavy (non-hydrogen) atoms. The molecule has 0 aliphatic heterocycles. The predicted octanol–water partition coefficient (Wildman–Crippen LogP) is 0.142. The molecule has 0 aromatic carbocycles. The Kier molecular flexibility index (Phi) is 2.53. The SMILES string of the molecule is N#Cc1ncc(OC2CC2)cc1S(N)(=O)=O. The molecule has 1 aliphatic rings. The van der Waals surface area contributed by atoms with Gasteiger partial charge < -0.3 is 4.74 Å². The Hall–Kier alpha value is -1.65. The average molecular weight is 239 g/mol. The van der Waals surface area contributed by atoms with Crippen molar-refractivity contribution >= 4 is 10.0 Å². The fourth-order valence-corrected chi connectivity index (χ4v) is 1.82. The van der Waals surface area contributed by atoms with E-state index >= 15 is 0 Å². The highest BCUT2D eigenvalue weighted by molar-refractivity contribution is 7.89. The second-order valence-corrected chi connectivity index (χ2v) is 5.02. The topological polar surface area (TPSA) is 106 Å². The molecule has 2 rings (SSSR count). The molecular weight excluding hydrogens is 230 g/mol. The fraction of sp³-hybridized carbons (Fsp3) is 0.333. The van der Waals surface area contributed by atoms with Gasteiger partial charge in [0.25, 0.3) is 0 Å². The normalized spacial score (nSPS) is 15.5. The first kappa shape index (κ1) is 10.9. The molecule has 1 aromatic rings. The number of ether oxygens (including phenoxy) is 1. The summed E-state index contributed by atoms with van der Waals surface area (Å²) in [7, 11) is -3.95. The first-order chi connectivity index (χ1) is 7.50. The van der Waals surface area contributed by atoms with E-state index in [0.29, 0.717) is 5.75 Å². The molecule has 0 radical (unpaired) electrons. The molecule has 0 amide bonds. The molecule has 1 heterocycles. The lowest BCUT2D eigenvalue weighted by Gasteiger charge is -2.06. The smallest absolute Gasteiger partial charge is 0.241 e. The van der Waals surface area contributed by atoms with Crippen molar-refractivity contribution in [2.75, 3.05) is 0 Å². The van der Waals surface area contributed by atoms with Crippen LogP contribution in [0.4, 0.5) is 0 Å². The number of nitriles is 1. The van der Waals surface area contributed by atoms with E-state index < -0.39 is 10.0 Å². The van der Waals surface area contributed by atoms with E-state index in [4.69, 9.17) is 15.1 Å². The third-order valence-corrected chi connectivity index (χ3v) is 2.99. The number of nitrogens with zero attached hydrogens (tertiary/aromatic N) is 2. The van der Waals surface area contributed by atoms with Crippen LogP contribution in [0.3, 0.4) is 0 Å². The lowest BCUT2D eigenvalue weighted by Crippen LogP contribution is -2.15. The first-order valence-corrected chi connectivity index (χ1v) is 6.15. The lowest BCUT2D eigenvalue weighted by atomic mass is 10.3. The van der Waals surface area contributed by atoms with E-state index in [1.165, 1.54) is 12.3 Å². The third kappa shape index (κ3) is 2.29. The molecule has 1 aliphatic carbocycles. The van der Waals surface area contributed by atoms with Gasteiger partial charge in [-0.3, -0.25) is 0 Å². The second kappa shape index (κ2) is 3.73. The number of aromatic nitrogens is 1. The molecule has 6 nitrogen and oxygen atoms in total. The van der Waals surface area contributed by atoms with E-state index in [9.17, 15) is 8.42 Å². The molecule has 0 unspecified atom stereocenters. The summed E-state index contributed by atoms with van der Waals surface area (Å²) in [5.41, 5.74) is -0.217. The molecule has 0 saturated heterocycles. The zero-order valence-electron chi connectivity index (χ0n) is 8.25. The predicted molar refractivity (Wildman–Crippen MR) is 54.0 cm³/mol. The van der Waals surface area contributed by atoms with Crippen molar-refractivity contribution in [2.45, 2.75) is 23.8 Å². The van der Waals surface area contributed by atoms with Crippen LogP contribution in [0.5, 0.6) is 5.75 Å². The minimum atomic E-state index is -3.95. The summed E-state index contributed by atoms with van der Waals surface area (Å²) in [6.07, 6.45) is 3.35. The average Bonchev–Trinajstić information content (AvgIpc) is 3.00. The molecule has 0 atom stereocenters. The Balaban J connectivity index is 2.42. The molecule has 0 bridgehead atoms. The van der Waals surface area contributed by atoms with Gasteiger partial charge in [-0.15, -0.1) is 0 Å². The summed E-state index contributed by atoms with van der Waals surface area (Å²) < 4.78 is 27.8. The van der Waals surface area contributed by atoms with Gasteiger partial charge in [0.2, 0.25) is 10.0 Å². The summed E-state index contributed by atoms with van der Waals surface area (Å²) in [6.45, 7) is 0. The number of sulfonamides is 1. The minimum Gasteiger partial charge on any atom is -0.489 e. The molecule has 1 aromatic heterocycles. The number of nitrogens with two attached hydrogens (primary N) is 1. The molecule has 2 N–H and O–H groups in total. The van der Waals surface area contributed by atoms with Crippen LogP contribution in [0, 0.1) is 11.3 Å². The van der Waals surface area contributed by atoms with Crippen molar-refractivity contribution in [2.24, 2.45) is 5.14 Å². The van der Waals surface area contributed by atoms with Crippen LogP contribution in [-0.4, -0.2) is 19.5 Å². The van der Waals surface area contributed by atoms with Gasteiger partial charge in [-0.2, -0.15) is 5.26 Å². The summed E-state index contributed by atoms with van der Waals surface area (Å²) in [5.74, 6) is 0.325. The quantitative estimate of drug-likeness (QED) is 0.807. The zero-order valence-corrected chi connectivity index (χ0v) is 9.07. The number of rotatable bonds is 3. The van der Waals surface area contributed by atoms with E-state index in [-0.39, 0.29) is 16.7 Å². The number of primary sulfonamides is 1. The van der Waals surface area contributed by atoms with Gasteiger partial charge in [0.1, 0.15) is 16.7 Å². The van der Waals surface area contributed by atoms with Gasteiger partial charge >= 0.3 is 0 Å². The maximum atomic E-state index is 11.2. The summed E-state index contributed by atoms with van der Waals surface area (Å²) in [6, 6.07) is 2.91. The minimum absolute atomic E-state index is 0.128. The number of pyridine rings is 1. The van der Waals surface area contributed by atoms with Gasteiger partial charge in [0.05, 0.1) is 12.3 Å². The third-order valence-electron chi connectivity index (χ3n) is 2.07. The Morgan fingerprint density at radius 3 is 2.75 bits per heavy atom. The van der Waals surface area contributed by atoms with E-state index in [2.05, 4.69) is 4.98 Å². The Morgan fingerprint density at radius 2 is 2.25 bits per heavy atom. The van der Waals surface area contributed by atoms with Crippen molar-refractivity contribution in [1.29, 1.82) is 5.26 Å². The first-order valence-electron chi connectivity index (χ1n) is 4.60. The monoisotopic (exact) mass is 239 g/mol. The summed E-state index contributed by atoms with van der Waals surface area (Å²) in [5, 5.41) is 13.7. The summed E-state index contributed by atoms with van der Waals surface area (Å²) in [4.78, 5) is 3.40. The van der Waals surface area contributed by atoms with Crippen LogP contribution in [-0.2, 0) is 10.0 Å². The van der Waals surface area contributed by atoms with Crippen molar-refractivity contribution < 1.29 is 13.2 Å². The number of hydrogen-bond donors (Lipinski definition) is 1. The molecule has 1 saturated carbocycles. The zero-order chi connectivity index (χ0) is 11.8. The molecule has 84 valence electrons. The van der Waals surface area contributed by atoms with E-state index in [1.54, 1.807) is 6.07 Å². The second-order valence-electron chi connectivity index (χ2n) is 3.49. The van der Waals surface area contributed by atoms with Crippen molar-refractivity contribution in [3.8, 4) is 11.8 Å². The Morgan fingerprint density at radius 1 is 1.56 bits per heavy atom. The summed E-state index contributed by atoms with van der Waals surface area (Å²) >= 11 is 0. The van der Waals surface area contributed by atoms with Gasteiger partial charge in [-0.05, 0) is 12.8 Å². The number of hydrogen-bond acceptors (Lipinski definition) is 5. The van der Waals surface area contributed by atoms with Crippen LogP contribution >= 0.6 is 0 Å². The maximum Gasteiger partial charge on any atom is 0.241 e. The maximum absolute atomic E-state index is 11.2. The highest BCUT2D eigenvalue weighted by Crippen LogP contribution is 2.27. The Bertz CT molecular complexity index is 558. The van der Waals surface area contributed by atoms with Crippen LogP contribution in [0.2, 0.25) is 0 Å². The molecule has 7 heteroatoms. The van der Waals surface area contributed by atoms with Gasteiger partial charge in [-0.25, -0.2) is 18.5 Å². The standard InChI is InChI=1S/C9H9N3O3S/c10-4-8-9(16(11,13)14)3-7(5-12-8)15-6-1-2-6/h3,5-6H,1-2H2,(H2,11,13,14). The van der Waals surface area contributed by atoms with Crippen LogP contribution in [0.15, 0.2) is 17.2 Å².